The predicted octanol–water partition coefficient (Wildman–Crippen LogP) is -5.50. The van der Waals surface area contributed by atoms with Crippen molar-refractivity contribution in [3.05, 3.63) is 18.2 Å². The van der Waals surface area contributed by atoms with Gasteiger partial charge in [0.15, 0.2) is 11.7 Å². The summed E-state index contributed by atoms with van der Waals surface area (Å²) >= 11 is 0. The number of H-pyrrole nitrogens is 1. The minimum atomic E-state index is -3.62. The highest BCUT2D eigenvalue weighted by atomic mass is 19.3. The monoisotopic (exact) mass is 1070 g/mol. The second-order valence-electron chi connectivity index (χ2n) is 18.4. The number of nitrogens with two attached hydrogens (primary N) is 7. The molecule has 28 nitrogen and oxygen atoms in total. The van der Waals surface area contributed by atoms with E-state index in [1.807, 2.05) is 0 Å². The number of carbonyl (C=O) groups excluding carboxylic acids is 8. The van der Waals surface area contributed by atoms with Gasteiger partial charge in [0, 0.05) is 44.2 Å². The molecule has 0 saturated carbocycles. The molecule has 75 heavy (non-hydrogen) atoms. The lowest BCUT2D eigenvalue weighted by Gasteiger charge is -2.30. The van der Waals surface area contributed by atoms with E-state index in [1.54, 1.807) is 0 Å². The number of halogens is 2. The van der Waals surface area contributed by atoms with Crippen molar-refractivity contribution in [3.63, 3.8) is 0 Å². The highest BCUT2D eigenvalue weighted by Crippen LogP contribution is 2.33. The maximum atomic E-state index is 15.3. The Kier molecular flexibility index (Phi) is 28.8. The number of aromatic nitrogens is 2. The zero-order chi connectivity index (χ0) is 56.3. The molecule has 30 heteroatoms. The number of hydrogen-bond donors (Lipinski definition) is 16. The van der Waals surface area contributed by atoms with Crippen molar-refractivity contribution >= 4 is 59.1 Å². The van der Waals surface area contributed by atoms with Gasteiger partial charge in [-0.25, -0.2) is 13.8 Å². The summed E-state index contributed by atoms with van der Waals surface area (Å²) in [7, 11) is 0. The summed E-state index contributed by atoms with van der Waals surface area (Å²) in [5.74, 6) is -13.2. The molecule has 1 aliphatic heterocycles. The van der Waals surface area contributed by atoms with Gasteiger partial charge in [0.25, 0.3) is 5.92 Å². The quantitative estimate of drug-likeness (QED) is 0.0168. The summed E-state index contributed by atoms with van der Waals surface area (Å²) in [6.45, 7) is -0.464. The van der Waals surface area contributed by atoms with E-state index in [9.17, 15) is 53.4 Å². The molecule has 0 radical (unpaired) electrons. The highest BCUT2D eigenvalue weighted by Gasteiger charge is 2.51. The molecule has 0 aromatic carbocycles. The van der Waals surface area contributed by atoms with E-state index in [-0.39, 0.29) is 77.0 Å². The Morgan fingerprint density at radius 3 is 2.05 bits per heavy atom. The van der Waals surface area contributed by atoms with Crippen LogP contribution in [0.1, 0.15) is 96.1 Å². The van der Waals surface area contributed by atoms with E-state index < -0.39 is 139 Å². The van der Waals surface area contributed by atoms with E-state index in [1.165, 1.54) is 19.4 Å². The number of ketones is 1. The zero-order valence-corrected chi connectivity index (χ0v) is 42.4. The molecule has 1 unspecified atom stereocenters. The van der Waals surface area contributed by atoms with Crippen LogP contribution in [0.2, 0.25) is 0 Å². The number of Topliss-reactive ketones (excluding diaryl/α,β-unsaturated/α-hetero) is 1. The number of alkyl halides is 2. The number of unbranched alkanes of at least 4 members (excludes halogenated alkanes) is 2. The van der Waals surface area contributed by atoms with E-state index in [2.05, 4.69) is 46.9 Å². The number of nitrogens with one attached hydrogen (secondary N) is 7. The molecule has 9 atom stereocenters. The molecule has 1 saturated heterocycles. The first-order valence-electron chi connectivity index (χ1n) is 25.0. The number of carboxylic acid groups (broad SMARTS) is 1. The lowest BCUT2D eigenvalue weighted by Crippen LogP contribution is -2.60. The number of aliphatic hydroxyl groups is 1. The number of aliphatic carboxylic acids is 1. The molecule has 1 aromatic heterocycles. The van der Waals surface area contributed by atoms with Gasteiger partial charge in [-0.15, -0.1) is 0 Å². The van der Waals surface area contributed by atoms with E-state index in [0.717, 1.165) is 0 Å². The van der Waals surface area contributed by atoms with E-state index in [0.29, 0.717) is 49.2 Å². The Morgan fingerprint density at radius 1 is 0.800 bits per heavy atom. The van der Waals surface area contributed by atoms with Crippen molar-refractivity contribution < 1.29 is 62.1 Å². The number of likely N-dealkylation sites (tertiary alicyclic amines) is 1. The minimum Gasteiger partial charge on any atom is -0.481 e. The molecule has 7 amide bonds. The fourth-order valence-corrected chi connectivity index (χ4v) is 7.97. The topological polar surface area (TPSA) is 493 Å². The Balaban J connectivity index is 2.25. The van der Waals surface area contributed by atoms with Crippen LogP contribution in [0.15, 0.2) is 17.5 Å². The third-order valence-electron chi connectivity index (χ3n) is 12.2. The summed E-state index contributed by atoms with van der Waals surface area (Å²) < 4.78 is 30.6. The van der Waals surface area contributed by atoms with Crippen molar-refractivity contribution in [2.45, 2.75) is 151 Å². The number of carboxylic acids is 1. The first-order valence-corrected chi connectivity index (χ1v) is 25.0. The van der Waals surface area contributed by atoms with Gasteiger partial charge >= 0.3 is 5.97 Å². The molecule has 2 rings (SSSR count). The maximum Gasteiger partial charge on any atom is 0.306 e. The average Bonchev–Trinajstić information content (AvgIpc) is 4.01. The number of amides is 7. The molecule has 23 N–H and O–H groups in total. The Morgan fingerprint density at radius 2 is 1.45 bits per heavy atom. The predicted molar refractivity (Wildman–Crippen MR) is 268 cm³/mol. The number of rotatable bonds is 37. The molecular formula is C45H79F2N17O11. The first-order chi connectivity index (χ1) is 35.5. The number of nitrogens with zero attached hydrogens (tertiary/aromatic N) is 3. The molecule has 1 fully saturated rings. The lowest BCUT2D eigenvalue weighted by atomic mass is 9.93. The van der Waals surface area contributed by atoms with Gasteiger partial charge in [-0.3, -0.25) is 48.1 Å². The van der Waals surface area contributed by atoms with Crippen LogP contribution in [0.4, 0.5) is 8.78 Å². The number of aliphatic imine (C=N–C) groups is 1. The van der Waals surface area contributed by atoms with Gasteiger partial charge in [0.2, 0.25) is 41.4 Å². The summed E-state index contributed by atoms with van der Waals surface area (Å²) in [6, 6.07) is -10.2. The van der Waals surface area contributed by atoms with E-state index >= 15 is 8.78 Å². The number of carbonyl (C=O) groups is 9. The smallest absolute Gasteiger partial charge is 0.306 e. The Bertz CT molecular complexity index is 2050. The number of aliphatic hydroxyl groups excluding tert-OH is 1. The number of hydrogen-bond acceptors (Lipinski definition) is 17. The fraction of sp³-hybridized carbons (Fsp3) is 0.711. The summed E-state index contributed by atoms with van der Waals surface area (Å²) in [6.07, 6.45) is 1.94. The number of aromatic amines is 1. The maximum absolute atomic E-state index is 15.3. The second-order valence-corrected chi connectivity index (χ2v) is 18.4. The van der Waals surface area contributed by atoms with Crippen LogP contribution in [0.5, 0.6) is 0 Å². The van der Waals surface area contributed by atoms with Gasteiger partial charge in [-0.1, -0.05) is 6.42 Å². The third-order valence-corrected chi connectivity index (χ3v) is 12.2. The van der Waals surface area contributed by atoms with Crippen LogP contribution in [-0.2, 0) is 49.6 Å². The summed E-state index contributed by atoms with van der Waals surface area (Å²) in [4.78, 5) is 131. The van der Waals surface area contributed by atoms with Crippen LogP contribution in [-0.4, -0.2) is 184 Å². The van der Waals surface area contributed by atoms with Crippen LogP contribution >= 0.6 is 0 Å². The summed E-state index contributed by atoms with van der Waals surface area (Å²) in [5, 5.41) is 34.6. The van der Waals surface area contributed by atoms with Gasteiger partial charge < -0.3 is 92.1 Å². The van der Waals surface area contributed by atoms with Gasteiger partial charge in [0.05, 0.1) is 43.5 Å². The largest absolute Gasteiger partial charge is 0.481 e. The van der Waals surface area contributed by atoms with Crippen LogP contribution in [0, 0.1) is 5.92 Å². The normalized spacial score (nSPS) is 17.1. The van der Waals surface area contributed by atoms with E-state index in [4.69, 9.17) is 40.1 Å². The second kappa shape index (κ2) is 33.4. The van der Waals surface area contributed by atoms with Crippen LogP contribution in [0.25, 0.3) is 0 Å². The van der Waals surface area contributed by atoms with Crippen molar-refractivity contribution in [2.75, 3.05) is 45.8 Å². The van der Waals surface area contributed by atoms with Gasteiger partial charge in [0.1, 0.15) is 30.2 Å². The molecule has 2 heterocycles. The molecule has 0 bridgehead atoms. The van der Waals surface area contributed by atoms with Crippen molar-refractivity contribution in [2.24, 2.45) is 51.0 Å². The van der Waals surface area contributed by atoms with Crippen molar-refractivity contribution in [1.29, 1.82) is 0 Å². The van der Waals surface area contributed by atoms with Crippen LogP contribution in [0.3, 0.4) is 0 Å². The molecule has 0 spiro atoms. The molecule has 1 aromatic rings. The highest BCUT2D eigenvalue weighted by molar-refractivity contribution is 5.97. The van der Waals surface area contributed by atoms with Gasteiger partial charge in [-0.2, -0.15) is 0 Å². The number of imidazole rings is 1. The average molecular weight is 1070 g/mol. The molecule has 1 aliphatic rings. The van der Waals surface area contributed by atoms with Crippen molar-refractivity contribution in [3.8, 4) is 0 Å². The van der Waals surface area contributed by atoms with Crippen molar-refractivity contribution in [1.82, 2.24) is 46.8 Å². The molecule has 0 aliphatic carbocycles. The SMILES string of the molecule is C[C@H](NC(=O)[C@@H](NC(=O)[C@@H](N)CCCCN)[C@@H](O)CN)C(=O)NCC(=O)N[C@H](CCCN)C(=O)N1CC(F)(F)C[C@H]1C(=O)N[C@@H](Cc1cnc[nH]1)C(=O)N[C@@H](CCCCN)C(=O)CCC(CCCN=C(N)N)C(=O)O. The Labute approximate surface area is 433 Å². The Hall–Kier alpha value is -6.47. The zero-order valence-electron chi connectivity index (χ0n) is 42.4. The fourth-order valence-electron chi connectivity index (χ4n) is 7.97. The molecule has 424 valence electrons. The number of guanidine groups is 1. The third kappa shape index (κ3) is 23.3. The minimum absolute atomic E-state index is 0.00482. The molecular weight excluding hydrogens is 993 g/mol. The lowest BCUT2D eigenvalue weighted by molar-refractivity contribution is -0.143. The van der Waals surface area contributed by atoms with Gasteiger partial charge in [-0.05, 0) is 90.8 Å². The summed E-state index contributed by atoms with van der Waals surface area (Å²) in [5.41, 5.74) is 39.3. The first kappa shape index (κ1) is 64.6. The standard InChI is InChI=1S/C45H79F2N17O11/c1-25(59-41(72)36(34(66)20-51)63-38(69)28(52)9-2-4-14-48)37(68)57-22-35(67)60-30(11-6-16-50)42(73)64-23-45(46,47)19-32(64)40(71)62-31(18-27-21-55-24-58-27)39(70)61-29(10-3-5-15-49)33(65)13-12-26(43(74)75)8-7-17-56-44(53)54/h21,24-26,28-32,34,36,66H,2-20,22-23,48-52H2,1H3,(H,55,58)(H,57,68)(H,59,72)(H,60,67)(H,61,70)(H,62,71)(H,63,69)(H,74,75)(H4,53,54,56)/t25-,26?,28-,29-,30+,31-,32-,34-,36-/m0/s1. The van der Waals surface area contributed by atoms with Crippen LogP contribution < -0.4 is 72.0 Å².